The lowest BCUT2D eigenvalue weighted by atomic mass is 9.89. The van der Waals surface area contributed by atoms with Crippen LogP contribution in [-0.2, 0) is 11.3 Å². The van der Waals surface area contributed by atoms with Crippen molar-refractivity contribution in [1.82, 2.24) is 15.1 Å². The second kappa shape index (κ2) is 9.20. The average molecular weight is 400 g/mol. The zero-order valence-electron chi connectivity index (χ0n) is 17.0. The summed E-state index contributed by atoms with van der Waals surface area (Å²) >= 11 is 0. The molecule has 0 unspecified atom stereocenters. The summed E-state index contributed by atoms with van der Waals surface area (Å²) in [6, 6.07) is 7.10. The zero-order valence-corrected chi connectivity index (χ0v) is 17.0. The maximum atomic E-state index is 13.4. The molecule has 1 aromatic carbocycles. The van der Waals surface area contributed by atoms with E-state index in [4.69, 9.17) is 5.73 Å². The van der Waals surface area contributed by atoms with Crippen molar-refractivity contribution in [3.63, 3.8) is 0 Å². The first-order chi connectivity index (χ1) is 13.8. The van der Waals surface area contributed by atoms with Crippen molar-refractivity contribution in [2.24, 2.45) is 17.6 Å². The lowest BCUT2D eigenvalue weighted by molar-refractivity contribution is -0.120. The van der Waals surface area contributed by atoms with E-state index in [9.17, 15) is 14.0 Å². The Hall–Kier alpha value is -2.70. The number of hydrogen-bond donors (Lipinski definition) is 2. The van der Waals surface area contributed by atoms with E-state index in [2.05, 4.69) is 10.4 Å². The van der Waals surface area contributed by atoms with E-state index in [1.54, 1.807) is 18.2 Å². The van der Waals surface area contributed by atoms with Gasteiger partial charge in [0.15, 0.2) is 5.69 Å². The number of nitrogens with one attached hydrogen (secondary N) is 1. The van der Waals surface area contributed by atoms with E-state index < -0.39 is 17.9 Å². The Kier molecular flexibility index (Phi) is 6.67. The topological polar surface area (TPSA) is 90.0 Å². The van der Waals surface area contributed by atoms with Crippen LogP contribution in [0.4, 0.5) is 4.39 Å². The monoisotopic (exact) mass is 400 g/mol. The number of halogens is 1. The van der Waals surface area contributed by atoms with E-state index in [1.165, 1.54) is 31.4 Å². The Bertz CT molecular complexity index is 854. The van der Waals surface area contributed by atoms with Crippen LogP contribution in [0.25, 0.3) is 11.3 Å². The molecule has 156 valence electrons. The molecule has 1 aromatic heterocycles. The van der Waals surface area contributed by atoms with Crippen LogP contribution in [-0.4, -0.2) is 27.6 Å². The number of amides is 2. The van der Waals surface area contributed by atoms with Gasteiger partial charge in [-0.2, -0.15) is 5.10 Å². The van der Waals surface area contributed by atoms with Crippen molar-refractivity contribution in [3.05, 3.63) is 41.8 Å². The van der Waals surface area contributed by atoms with Crippen LogP contribution < -0.4 is 11.1 Å². The Morgan fingerprint density at radius 1 is 1.21 bits per heavy atom. The van der Waals surface area contributed by atoms with Crippen molar-refractivity contribution in [2.45, 2.75) is 58.5 Å². The van der Waals surface area contributed by atoms with Gasteiger partial charge < -0.3 is 11.1 Å². The summed E-state index contributed by atoms with van der Waals surface area (Å²) in [5.41, 5.74) is 7.20. The molecular formula is C22H29FN4O2. The van der Waals surface area contributed by atoms with Crippen LogP contribution in [0.5, 0.6) is 0 Å². The number of carbonyl (C=O) groups is 2. The molecule has 1 aliphatic carbocycles. The molecule has 0 aliphatic heterocycles. The summed E-state index contributed by atoms with van der Waals surface area (Å²) in [6.45, 7) is 4.35. The molecule has 6 nitrogen and oxygen atoms in total. The summed E-state index contributed by atoms with van der Waals surface area (Å²) in [5.74, 6) is -0.946. The van der Waals surface area contributed by atoms with E-state index in [1.807, 2.05) is 18.5 Å². The van der Waals surface area contributed by atoms with Gasteiger partial charge in [-0.05, 0) is 55.0 Å². The molecule has 1 aliphatic rings. The smallest absolute Gasteiger partial charge is 0.272 e. The second-order valence-corrected chi connectivity index (χ2v) is 8.21. The Morgan fingerprint density at radius 2 is 1.86 bits per heavy atom. The first-order valence-electron chi connectivity index (χ1n) is 10.3. The van der Waals surface area contributed by atoms with Gasteiger partial charge in [-0.1, -0.05) is 33.1 Å². The van der Waals surface area contributed by atoms with E-state index in [-0.39, 0.29) is 17.4 Å². The van der Waals surface area contributed by atoms with Crippen molar-refractivity contribution in [3.8, 4) is 11.3 Å². The molecule has 0 bridgehead atoms. The third kappa shape index (κ3) is 5.22. The number of hydrogen-bond acceptors (Lipinski definition) is 3. The highest BCUT2D eigenvalue weighted by molar-refractivity contribution is 5.96. The lowest BCUT2D eigenvalue weighted by Crippen LogP contribution is -2.47. The lowest BCUT2D eigenvalue weighted by Gasteiger charge is -2.22. The Morgan fingerprint density at radius 3 is 2.45 bits per heavy atom. The molecule has 1 fully saturated rings. The van der Waals surface area contributed by atoms with Crippen LogP contribution in [0.2, 0.25) is 0 Å². The minimum atomic E-state index is -0.764. The summed E-state index contributed by atoms with van der Waals surface area (Å²) in [7, 11) is 0. The van der Waals surface area contributed by atoms with Gasteiger partial charge in [0.05, 0.1) is 5.69 Å². The third-order valence-electron chi connectivity index (χ3n) is 5.57. The molecule has 3 N–H and O–H groups in total. The quantitative estimate of drug-likeness (QED) is 0.745. The summed E-state index contributed by atoms with van der Waals surface area (Å²) in [6.07, 6.45) is 5.96. The Balaban J connectivity index is 1.89. The first-order valence-corrected chi connectivity index (χ1v) is 10.3. The molecule has 0 saturated heterocycles. The van der Waals surface area contributed by atoms with Gasteiger partial charge in [0.2, 0.25) is 5.91 Å². The maximum Gasteiger partial charge on any atom is 0.272 e. The van der Waals surface area contributed by atoms with Gasteiger partial charge in [-0.15, -0.1) is 0 Å². The predicted molar refractivity (Wildman–Crippen MR) is 109 cm³/mol. The molecule has 2 aromatic rings. The number of nitrogens with two attached hydrogens (primary N) is 1. The largest absolute Gasteiger partial charge is 0.368 e. The van der Waals surface area contributed by atoms with Crippen molar-refractivity contribution >= 4 is 11.8 Å². The number of nitrogens with zero attached hydrogens (tertiary/aromatic N) is 2. The highest BCUT2D eigenvalue weighted by Gasteiger charge is 2.25. The highest BCUT2D eigenvalue weighted by atomic mass is 19.1. The average Bonchev–Trinajstić information content (AvgIpc) is 3.10. The number of rotatable bonds is 7. The predicted octanol–water partition coefficient (Wildman–Crippen LogP) is 3.51. The molecule has 29 heavy (non-hydrogen) atoms. The standard InChI is InChI=1S/C22H29FN4O2/c1-14(2)20(21(24)28)25-22(29)18-12-19(16-8-10-17(23)11-9-16)27(26-18)13-15-6-4-3-5-7-15/h8-12,14-15,20H,3-7,13H2,1-2H3,(H2,24,28)(H,25,29)/t20-/m0/s1. The maximum absolute atomic E-state index is 13.4. The van der Waals surface area contributed by atoms with Gasteiger partial charge in [0.1, 0.15) is 11.9 Å². The molecule has 1 atom stereocenters. The minimum absolute atomic E-state index is 0.127. The fourth-order valence-electron chi connectivity index (χ4n) is 3.92. The van der Waals surface area contributed by atoms with Gasteiger partial charge in [-0.3, -0.25) is 14.3 Å². The zero-order chi connectivity index (χ0) is 21.0. The van der Waals surface area contributed by atoms with Crippen LogP contribution in [0.3, 0.4) is 0 Å². The van der Waals surface area contributed by atoms with Gasteiger partial charge in [-0.25, -0.2) is 4.39 Å². The summed E-state index contributed by atoms with van der Waals surface area (Å²) < 4.78 is 15.2. The van der Waals surface area contributed by atoms with Gasteiger partial charge in [0, 0.05) is 12.1 Å². The number of carbonyl (C=O) groups excluding carboxylic acids is 2. The molecule has 7 heteroatoms. The normalized spacial score (nSPS) is 16.0. The molecule has 1 heterocycles. The first kappa shape index (κ1) is 21.0. The Labute approximate surface area is 170 Å². The molecule has 2 amide bonds. The minimum Gasteiger partial charge on any atom is -0.368 e. The number of aromatic nitrogens is 2. The highest BCUT2D eigenvalue weighted by Crippen LogP contribution is 2.28. The summed E-state index contributed by atoms with van der Waals surface area (Å²) in [5, 5.41) is 7.22. The molecule has 0 radical (unpaired) electrons. The second-order valence-electron chi connectivity index (χ2n) is 8.21. The van der Waals surface area contributed by atoms with Crippen molar-refractivity contribution in [2.75, 3.05) is 0 Å². The molecule has 3 rings (SSSR count). The third-order valence-corrected chi connectivity index (χ3v) is 5.57. The van der Waals surface area contributed by atoms with Crippen LogP contribution in [0.1, 0.15) is 56.4 Å². The van der Waals surface area contributed by atoms with Crippen LogP contribution in [0.15, 0.2) is 30.3 Å². The molecule has 1 saturated carbocycles. The van der Waals surface area contributed by atoms with E-state index >= 15 is 0 Å². The van der Waals surface area contributed by atoms with Crippen LogP contribution in [0, 0.1) is 17.7 Å². The SMILES string of the molecule is CC(C)[C@H](NC(=O)c1cc(-c2ccc(F)cc2)n(CC2CCCCC2)n1)C(N)=O. The number of benzene rings is 1. The van der Waals surface area contributed by atoms with Gasteiger partial charge in [0.25, 0.3) is 5.91 Å². The van der Waals surface area contributed by atoms with Crippen molar-refractivity contribution < 1.29 is 14.0 Å². The molecular weight excluding hydrogens is 371 g/mol. The van der Waals surface area contributed by atoms with E-state index in [0.717, 1.165) is 24.1 Å². The van der Waals surface area contributed by atoms with Gasteiger partial charge >= 0.3 is 0 Å². The number of primary amides is 1. The fourth-order valence-corrected chi connectivity index (χ4v) is 3.92. The van der Waals surface area contributed by atoms with E-state index in [0.29, 0.717) is 12.5 Å². The van der Waals surface area contributed by atoms with Crippen LogP contribution >= 0.6 is 0 Å². The van der Waals surface area contributed by atoms with Crippen molar-refractivity contribution in [1.29, 1.82) is 0 Å². The summed E-state index contributed by atoms with van der Waals surface area (Å²) in [4.78, 5) is 24.4. The fraction of sp³-hybridized carbons (Fsp3) is 0.500. The molecule has 0 spiro atoms.